The molecule has 1 amide bonds. The maximum absolute atomic E-state index is 11.6. The number of ether oxygens (including phenoxy) is 1. The number of aromatic nitrogens is 1. The van der Waals surface area contributed by atoms with Gasteiger partial charge in [-0.3, -0.25) is 4.79 Å². The number of amides is 1. The number of carbonyl (C=O) groups excluding carboxylic acids is 1. The van der Waals surface area contributed by atoms with E-state index in [-0.39, 0.29) is 12.5 Å². The van der Waals surface area contributed by atoms with Crippen LogP contribution in [0.2, 0.25) is 0 Å². The molecule has 0 radical (unpaired) electrons. The van der Waals surface area contributed by atoms with Gasteiger partial charge in [-0.05, 0) is 19.4 Å². The second-order valence-electron chi connectivity index (χ2n) is 4.15. The van der Waals surface area contributed by atoms with Gasteiger partial charge in [0, 0.05) is 18.8 Å². The van der Waals surface area contributed by atoms with Gasteiger partial charge in [0.05, 0.1) is 18.3 Å². The Kier molecular flexibility index (Phi) is 6.14. The van der Waals surface area contributed by atoms with Crippen LogP contribution < -0.4 is 10.1 Å². The number of carbonyl (C=O) groups is 1. The maximum atomic E-state index is 11.6. The number of hydrogen-bond acceptors (Lipinski definition) is 4. The highest BCUT2D eigenvalue weighted by atomic mass is 16.5. The third kappa shape index (κ3) is 5.14. The van der Waals surface area contributed by atoms with Crippen LogP contribution in [0.15, 0.2) is 18.3 Å². The number of aliphatic hydroxyl groups is 1. The predicted octanol–water partition coefficient (Wildman–Crippen LogP) is 1.37. The number of unbranched alkanes of at least 4 members (excludes halogenated alkanes) is 1. The number of nitrogens with zero attached hydrogens (tertiary/aromatic N) is 1. The second kappa shape index (κ2) is 7.66. The summed E-state index contributed by atoms with van der Waals surface area (Å²) in [5, 5.41) is 11.7. The van der Waals surface area contributed by atoms with E-state index < -0.39 is 6.10 Å². The lowest BCUT2D eigenvalue weighted by Crippen LogP contribution is -2.30. The lowest BCUT2D eigenvalue weighted by Gasteiger charge is -2.08. The lowest BCUT2D eigenvalue weighted by atomic mass is 10.2. The normalized spacial score (nSPS) is 11.9. The zero-order valence-corrected chi connectivity index (χ0v) is 10.8. The number of nitrogens with one attached hydrogen (secondary N) is 1. The van der Waals surface area contributed by atoms with Gasteiger partial charge in [0.2, 0.25) is 5.88 Å². The van der Waals surface area contributed by atoms with Crippen molar-refractivity contribution in [1.82, 2.24) is 10.3 Å². The molecular weight excluding hydrogens is 232 g/mol. The van der Waals surface area contributed by atoms with E-state index in [1.165, 1.54) is 6.20 Å². The summed E-state index contributed by atoms with van der Waals surface area (Å²) in [4.78, 5) is 15.7. The van der Waals surface area contributed by atoms with Crippen LogP contribution in [0.4, 0.5) is 0 Å². The first-order chi connectivity index (χ1) is 8.63. The molecule has 2 N–H and O–H groups in total. The molecule has 1 rings (SSSR count). The van der Waals surface area contributed by atoms with Gasteiger partial charge in [-0.2, -0.15) is 0 Å². The van der Waals surface area contributed by atoms with Crippen LogP contribution in [0.1, 0.15) is 37.0 Å². The summed E-state index contributed by atoms with van der Waals surface area (Å²) in [5.41, 5.74) is 0.457. The molecule has 0 aliphatic carbocycles. The van der Waals surface area contributed by atoms with Gasteiger partial charge in [-0.1, -0.05) is 13.3 Å². The Labute approximate surface area is 107 Å². The van der Waals surface area contributed by atoms with Crippen LogP contribution in [0.5, 0.6) is 5.88 Å². The fourth-order valence-corrected chi connectivity index (χ4v) is 1.26. The zero-order chi connectivity index (χ0) is 13.4. The molecule has 5 heteroatoms. The molecule has 0 unspecified atom stereocenters. The third-order valence-corrected chi connectivity index (χ3v) is 2.30. The molecule has 0 saturated heterocycles. The van der Waals surface area contributed by atoms with Gasteiger partial charge in [0.25, 0.3) is 5.91 Å². The number of hydrogen-bond donors (Lipinski definition) is 2. The van der Waals surface area contributed by atoms with Gasteiger partial charge >= 0.3 is 0 Å². The maximum Gasteiger partial charge on any atom is 0.252 e. The highest BCUT2D eigenvalue weighted by Gasteiger charge is 2.07. The SMILES string of the molecule is CCCCOc1ccc(C(=O)NC[C@H](C)O)cn1. The molecule has 100 valence electrons. The predicted molar refractivity (Wildman–Crippen MR) is 68.7 cm³/mol. The molecule has 0 spiro atoms. The van der Waals surface area contributed by atoms with Crippen molar-refractivity contribution in [1.29, 1.82) is 0 Å². The first-order valence-electron chi connectivity index (χ1n) is 6.18. The van der Waals surface area contributed by atoms with E-state index in [0.717, 1.165) is 12.8 Å². The van der Waals surface area contributed by atoms with Crippen molar-refractivity contribution in [3.63, 3.8) is 0 Å². The Balaban J connectivity index is 2.46. The summed E-state index contributed by atoms with van der Waals surface area (Å²) in [6.45, 7) is 4.57. The summed E-state index contributed by atoms with van der Waals surface area (Å²) in [6.07, 6.45) is 2.97. The average Bonchev–Trinajstić information content (AvgIpc) is 2.37. The van der Waals surface area contributed by atoms with Gasteiger partial charge < -0.3 is 15.2 Å². The van der Waals surface area contributed by atoms with Crippen LogP contribution in [-0.2, 0) is 0 Å². The van der Waals surface area contributed by atoms with E-state index in [4.69, 9.17) is 9.84 Å². The van der Waals surface area contributed by atoms with Crippen molar-refractivity contribution in [2.24, 2.45) is 0 Å². The van der Waals surface area contributed by atoms with E-state index in [2.05, 4.69) is 17.2 Å². The zero-order valence-electron chi connectivity index (χ0n) is 10.8. The highest BCUT2D eigenvalue weighted by Crippen LogP contribution is 2.08. The molecule has 1 heterocycles. The van der Waals surface area contributed by atoms with Crippen LogP contribution >= 0.6 is 0 Å². The first kappa shape index (κ1) is 14.4. The minimum absolute atomic E-state index is 0.230. The molecule has 18 heavy (non-hydrogen) atoms. The monoisotopic (exact) mass is 252 g/mol. The van der Waals surface area contributed by atoms with Crippen molar-refractivity contribution in [2.45, 2.75) is 32.8 Å². The number of aliphatic hydroxyl groups excluding tert-OH is 1. The molecular formula is C13H20N2O3. The van der Waals surface area contributed by atoms with Gasteiger partial charge in [0.15, 0.2) is 0 Å². The quantitative estimate of drug-likeness (QED) is 0.719. The van der Waals surface area contributed by atoms with E-state index >= 15 is 0 Å². The fraction of sp³-hybridized carbons (Fsp3) is 0.538. The van der Waals surface area contributed by atoms with Crippen molar-refractivity contribution >= 4 is 5.91 Å². The van der Waals surface area contributed by atoms with Crippen molar-refractivity contribution < 1.29 is 14.6 Å². The Morgan fingerprint density at radius 2 is 2.33 bits per heavy atom. The number of rotatable bonds is 7. The van der Waals surface area contributed by atoms with Crippen LogP contribution in [0.25, 0.3) is 0 Å². The summed E-state index contributed by atoms with van der Waals surface area (Å²) in [7, 11) is 0. The van der Waals surface area contributed by atoms with Gasteiger partial charge in [-0.25, -0.2) is 4.98 Å². The highest BCUT2D eigenvalue weighted by molar-refractivity contribution is 5.93. The molecule has 0 bridgehead atoms. The molecule has 0 aliphatic heterocycles. The van der Waals surface area contributed by atoms with E-state index in [9.17, 15) is 4.79 Å². The molecule has 0 saturated carbocycles. The Morgan fingerprint density at radius 3 is 2.89 bits per heavy atom. The second-order valence-corrected chi connectivity index (χ2v) is 4.15. The van der Waals surface area contributed by atoms with Crippen LogP contribution in [-0.4, -0.2) is 35.3 Å². The standard InChI is InChI=1S/C13H20N2O3/c1-3-4-7-18-12-6-5-11(9-14-12)13(17)15-8-10(2)16/h5-6,9-10,16H,3-4,7-8H2,1-2H3,(H,15,17)/t10-/m0/s1. The molecule has 1 atom stereocenters. The topological polar surface area (TPSA) is 71.5 Å². The molecule has 0 aliphatic rings. The summed E-state index contributed by atoms with van der Waals surface area (Å²) in [5.74, 6) is 0.277. The average molecular weight is 252 g/mol. The van der Waals surface area contributed by atoms with E-state index in [1.807, 2.05) is 0 Å². The van der Waals surface area contributed by atoms with Crippen LogP contribution in [0.3, 0.4) is 0 Å². The first-order valence-corrected chi connectivity index (χ1v) is 6.18. The van der Waals surface area contributed by atoms with E-state index in [0.29, 0.717) is 18.1 Å². The fourth-order valence-electron chi connectivity index (χ4n) is 1.26. The number of pyridine rings is 1. The van der Waals surface area contributed by atoms with Gasteiger partial charge in [0.1, 0.15) is 0 Å². The van der Waals surface area contributed by atoms with Crippen LogP contribution in [0, 0.1) is 0 Å². The van der Waals surface area contributed by atoms with Gasteiger partial charge in [-0.15, -0.1) is 0 Å². The lowest BCUT2D eigenvalue weighted by molar-refractivity contribution is 0.0923. The molecule has 1 aromatic heterocycles. The van der Waals surface area contributed by atoms with Crippen molar-refractivity contribution in [3.8, 4) is 5.88 Å². The minimum Gasteiger partial charge on any atom is -0.478 e. The molecule has 0 aromatic carbocycles. The summed E-state index contributed by atoms with van der Waals surface area (Å²) in [6, 6.07) is 3.33. The smallest absolute Gasteiger partial charge is 0.252 e. The third-order valence-electron chi connectivity index (χ3n) is 2.30. The van der Waals surface area contributed by atoms with E-state index in [1.54, 1.807) is 19.1 Å². The molecule has 5 nitrogen and oxygen atoms in total. The minimum atomic E-state index is -0.557. The Morgan fingerprint density at radius 1 is 1.56 bits per heavy atom. The largest absolute Gasteiger partial charge is 0.478 e. The van der Waals surface area contributed by atoms with Crippen molar-refractivity contribution in [2.75, 3.05) is 13.2 Å². The summed E-state index contributed by atoms with van der Waals surface area (Å²) >= 11 is 0. The Hall–Kier alpha value is -1.62. The molecule has 1 aromatic rings. The summed E-state index contributed by atoms with van der Waals surface area (Å²) < 4.78 is 5.40. The molecule has 0 fully saturated rings. The van der Waals surface area contributed by atoms with Crippen molar-refractivity contribution in [3.05, 3.63) is 23.9 Å². The Bertz CT molecular complexity index is 363.